The number of sulfonamides is 1. The van der Waals surface area contributed by atoms with Crippen molar-refractivity contribution in [3.05, 3.63) is 54.1 Å². The molecule has 2 aromatic carbocycles. The fourth-order valence-corrected chi connectivity index (χ4v) is 5.02. The molecule has 0 aliphatic carbocycles. The van der Waals surface area contributed by atoms with Crippen molar-refractivity contribution < 1.29 is 27.5 Å². The Morgan fingerprint density at radius 2 is 1.63 bits per heavy atom. The number of anilines is 1. The van der Waals surface area contributed by atoms with E-state index in [9.17, 15) is 18.0 Å². The molecule has 0 fully saturated rings. The Bertz CT molecular complexity index is 1150. The number of ether oxygens (including phenoxy) is 2. The molecular weight excluding hydrogens is 506 g/mol. The van der Waals surface area contributed by atoms with Crippen LogP contribution in [0.15, 0.2) is 48.5 Å². The molecule has 0 aromatic heterocycles. The maximum Gasteiger partial charge on any atom is 0.243 e. The predicted molar refractivity (Wildman–Crippen MR) is 150 cm³/mol. The first-order valence-electron chi connectivity index (χ1n) is 12.9. The molecule has 0 aliphatic heterocycles. The molecule has 2 rings (SSSR count). The summed E-state index contributed by atoms with van der Waals surface area (Å²) in [6.07, 6.45) is 2.73. The van der Waals surface area contributed by atoms with Crippen LogP contribution in [-0.2, 0) is 26.2 Å². The van der Waals surface area contributed by atoms with E-state index in [1.807, 2.05) is 45.0 Å². The van der Waals surface area contributed by atoms with Crippen molar-refractivity contribution >= 4 is 27.5 Å². The van der Waals surface area contributed by atoms with Gasteiger partial charge in [-0.05, 0) is 56.0 Å². The zero-order chi connectivity index (χ0) is 28.3. The van der Waals surface area contributed by atoms with Crippen LogP contribution in [-0.4, -0.2) is 64.2 Å². The van der Waals surface area contributed by atoms with Crippen LogP contribution >= 0.6 is 0 Å². The van der Waals surface area contributed by atoms with Crippen LogP contribution in [0.5, 0.6) is 11.5 Å². The number of rotatable bonds is 15. The van der Waals surface area contributed by atoms with E-state index >= 15 is 0 Å². The lowest BCUT2D eigenvalue weighted by Gasteiger charge is -2.32. The number of carbonyl (C=O) groups is 2. The highest BCUT2D eigenvalue weighted by atomic mass is 32.2. The van der Waals surface area contributed by atoms with E-state index < -0.39 is 16.1 Å². The van der Waals surface area contributed by atoms with Crippen LogP contribution in [0, 0.1) is 0 Å². The molecule has 0 unspecified atom stereocenters. The SMILES string of the molecule is CC[C@H](C)NC(=O)[C@H](CC)N(Cc1ccc(OC)cc1)C(=O)CCCN(c1cccc(OC)c1)S(C)(=O)=O. The Kier molecular flexibility index (Phi) is 11.9. The molecule has 2 aromatic rings. The molecule has 0 saturated carbocycles. The van der Waals surface area contributed by atoms with Gasteiger partial charge in [0.05, 0.1) is 26.2 Å². The second-order valence-electron chi connectivity index (χ2n) is 9.25. The lowest BCUT2D eigenvalue weighted by Crippen LogP contribution is -2.50. The first-order chi connectivity index (χ1) is 18.0. The van der Waals surface area contributed by atoms with Gasteiger partial charge in [-0.15, -0.1) is 0 Å². The van der Waals surface area contributed by atoms with Gasteiger partial charge < -0.3 is 19.7 Å². The van der Waals surface area contributed by atoms with Gasteiger partial charge in [0.1, 0.15) is 17.5 Å². The summed E-state index contributed by atoms with van der Waals surface area (Å²) in [5.41, 5.74) is 1.33. The van der Waals surface area contributed by atoms with Gasteiger partial charge in [-0.1, -0.05) is 32.0 Å². The van der Waals surface area contributed by atoms with E-state index in [0.29, 0.717) is 23.6 Å². The first kappa shape index (κ1) is 31.0. The van der Waals surface area contributed by atoms with Gasteiger partial charge >= 0.3 is 0 Å². The normalized spacial score (nSPS) is 12.8. The van der Waals surface area contributed by atoms with Crippen molar-refractivity contribution in [2.24, 2.45) is 0 Å². The quantitative estimate of drug-likeness (QED) is 0.362. The molecule has 0 saturated heterocycles. The lowest BCUT2D eigenvalue weighted by atomic mass is 10.1. The number of methoxy groups -OCH3 is 2. The number of amides is 2. The summed E-state index contributed by atoms with van der Waals surface area (Å²) in [5.74, 6) is 0.825. The minimum atomic E-state index is -3.59. The number of carbonyl (C=O) groups excluding carboxylic acids is 2. The van der Waals surface area contributed by atoms with E-state index in [2.05, 4.69) is 5.32 Å². The van der Waals surface area contributed by atoms with Crippen LogP contribution in [0.4, 0.5) is 5.69 Å². The van der Waals surface area contributed by atoms with Gasteiger partial charge in [-0.2, -0.15) is 0 Å². The van der Waals surface area contributed by atoms with Crippen molar-refractivity contribution in [2.45, 2.75) is 65.1 Å². The summed E-state index contributed by atoms with van der Waals surface area (Å²) < 4.78 is 36.8. The largest absolute Gasteiger partial charge is 0.497 e. The van der Waals surface area contributed by atoms with Crippen molar-refractivity contribution in [1.29, 1.82) is 0 Å². The lowest BCUT2D eigenvalue weighted by molar-refractivity contribution is -0.141. The molecule has 2 amide bonds. The number of nitrogens with one attached hydrogen (secondary N) is 1. The Hall–Kier alpha value is -3.27. The van der Waals surface area contributed by atoms with Crippen LogP contribution in [0.25, 0.3) is 0 Å². The van der Waals surface area contributed by atoms with E-state index in [0.717, 1.165) is 18.2 Å². The maximum atomic E-state index is 13.5. The topological polar surface area (TPSA) is 105 Å². The molecule has 0 bridgehead atoms. The van der Waals surface area contributed by atoms with Crippen molar-refractivity contribution in [3.8, 4) is 11.5 Å². The Morgan fingerprint density at radius 1 is 0.974 bits per heavy atom. The van der Waals surface area contributed by atoms with Crippen LogP contribution in [0.1, 0.15) is 52.0 Å². The monoisotopic (exact) mass is 547 g/mol. The smallest absolute Gasteiger partial charge is 0.243 e. The van der Waals surface area contributed by atoms with Crippen LogP contribution in [0.3, 0.4) is 0 Å². The molecular formula is C28H41N3O6S. The standard InChI is InChI=1S/C28H41N3O6S/c1-7-21(3)29-28(33)26(8-2)30(20-22-14-16-24(36-4)17-15-22)27(32)13-10-18-31(38(6,34)35)23-11-9-12-25(19-23)37-5/h9,11-12,14-17,19,21,26H,7-8,10,13,18,20H2,1-6H3,(H,29,33)/t21-,26-/m0/s1. The number of hydrogen-bond donors (Lipinski definition) is 1. The second kappa shape index (κ2) is 14.6. The highest BCUT2D eigenvalue weighted by molar-refractivity contribution is 7.92. The number of benzene rings is 2. The van der Waals surface area contributed by atoms with Crippen molar-refractivity contribution in [2.75, 3.05) is 31.3 Å². The average Bonchev–Trinajstić information content (AvgIpc) is 2.90. The molecule has 0 aliphatic rings. The third-order valence-corrected chi connectivity index (χ3v) is 7.59. The summed E-state index contributed by atoms with van der Waals surface area (Å²) in [7, 11) is -0.489. The zero-order valence-corrected chi connectivity index (χ0v) is 24.1. The maximum absolute atomic E-state index is 13.5. The zero-order valence-electron chi connectivity index (χ0n) is 23.3. The molecule has 9 nitrogen and oxygen atoms in total. The Labute approximate surface area is 227 Å². The van der Waals surface area contributed by atoms with Gasteiger partial charge in [0.2, 0.25) is 21.8 Å². The fraction of sp³-hybridized carbons (Fsp3) is 0.500. The summed E-state index contributed by atoms with van der Waals surface area (Å²) >= 11 is 0. The van der Waals surface area contributed by atoms with Gasteiger partial charge in [0.25, 0.3) is 0 Å². The molecule has 10 heteroatoms. The first-order valence-corrected chi connectivity index (χ1v) is 14.7. The fourth-order valence-electron chi connectivity index (χ4n) is 4.06. The van der Waals surface area contributed by atoms with Crippen LogP contribution in [0.2, 0.25) is 0 Å². The second-order valence-corrected chi connectivity index (χ2v) is 11.2. The highest BCUT2D eigenvalue weighted by Gasteiger charge is 2.29. The molecule has 0 heterocycles. The predicted octanol–water partition coefficient (Wildman–Crippen LogP) is 3.97. The molecule has 2 atom stereocenters. The summed E-state index contributed by atoms with van der Waals surface area (Å²) in [6.45, 7) is 6.16. The summed E-state index contributed by atoms with van der Waals surface area (Å²) in [5, 5.41) is 2.99. The van der Waals surface area contributed by atoms with Gasteiger partial charge in [-0.25, -0.2) is 8.42 Å². The van der Waals surface area contributed by atoms with E-state index in [1.54, 1.807) is 36.3 Å². The minimum absolute atomic E-state index is 0.0133. The van der Waals surface area contributed by atoms with E-state index in [4.69, 9.17) is 9.47 Å². The third-order valence-electron chi connectivity index (χ3n) is 6.39. The van der Waals surface area contributed by atoms with Crippen molar-refractivity contribution in [3.63, 3.8) is 0 Å². The molecule has 210 valence electrons. The Morgan fingerprint density at radius 3 is 2.18 bits per heavy atom. The van der Waals surface area contributed by atoms with E-state index in [1.165, 1.54) is 11.4 Å². The van der Waals surface area contributed by atoms with Gasteiger partial charge in [0, 0.05) is 31.6 Å². The van der Waals surface area contributed by atoms with Crippen LogP contribution < -0.4 is 19.1 Å². The average molecular weight is 548 g/mol. The molecule has 0 spiro atoms. The van der Waals surface area contributed by atoms with Gasteiger partial charge in [0.15, 0.2) is 0 Å². The number of hydrogen-bond acceptors (Lipinski definition) is 6. The molecule has 0 radical (unpaired) electrons. The summed E-state index contributed by atoms with van der Waals surface area (Å²) in [4.78, 5) is 28.2. The Balaban J connectivity index is 2.24. The molecule has 38 heavy (non-hydrogen) atoms. The van der Waals surface area contributed by atoms with Crippen molar-refractivity contribution in [1.82, 2.24) is 10.2 Å². The third kappa shape index (κ3) is 8.93. The molecule has 1 N–H and O–H groups in total. The minimum Gasteiger partial charge on any atom is -0.497 e. The van der Waals surface area contributed by atoms with E-state index in [-0.39, 0.29) is 43.8 Å². The number of nitrogens with zero attached hydrogens (tertiary/aromatic N) is 2. The highest BCUT2D eigenvalue weighted by Crippen LogP contribution is 2.24. The summed E-state index contributed by atoms with van der Waals surface area (Å²) in [6, 6.07) is 13.5. The van der Waals surface area contributed by atoms with Gasteiger partial charge in [-0.3, -0.25) is 13.9 Å².